The molecule has 1 fully saturated rings. The Morgan fingerprint density at radius 1 is 1.31 bits per heavy atom. The average Bonchev–Trinajstić information content (AvgIpc) is 2.61. The van der Waals surface area contributed by atoms with Crippen LogP contribution in [0.25, 0.3) is 0 Å². The molecule has 1 atom stereocenters. The predicted octanol–water partition coefficient (Wildman–Crippen LogP) is 2.76. The Morgan fingerprint density at radius 3 is 2.62 bits per heavy atom. The molecule has 0 radical (unpaired) electrons. The molecule has 2 nitrogen and oxygen atoms in total. The highest BCUT2D eigenvalue weighted by molar-refractivity contribution is 5.91. The van der Waals surface area contributed by atoms with Crippen molar-refractivity contribution < 1.29 is 4.79 Å². The molecule has 0 saturated heterocycles. The van der Waals surface area contributed by atoms with E-state index in [1.54, 1.807) is 0 Å². The first-order valence-electron chi connectivity index (χ1n) is 5.85. The molecule has 0 amide bonds. The summed E-state index contributed by atoms with van der Waals surface area (Å²) in [4.78, 5) is 14.0. The summed E-state index contributed by atoms with van der Waals surface area (Å²) in [7, 11) is 4.05. The van der Waals surface area contributed by atoms with E-state index >= 15 is 0 Å². The molecule has 2 heteroatoms. The molecule has 0 heterocycles. The minimum atomic E-state index is -0.244. The van der Waals surface area contributed by atoms with Gasteiger partial charge in [-0.15, -0.1) is 0 Å². The summed E-state index contributed by atoms with van der Waals surface area (Å²) in [6, 6.07) is 8.34. The third kappa shape index (κ3) is 1.73. The van der Waals surface area contributed by atoms with Gasteiger partial charge in [0.1, 0.15) is 5.78 Å². The molecule has 0 N–H and O–H groups in total. The van der Waals surface area contributed by atoms with Gasteiger partial charge in [0.05, 0.1) is 5.41 Å². The lowest BCUT2D eigenvalue weighted by atomic mass is 9.80. The molecule has 0 aliphatic heterocycles. The Labute approximate surface area is 97.3 Å². The molecule has 1 saturated carbocycles. The molecule has 2 rings (SSSR count). The van der Waals surface area contributed by atoms with E-state index in [9.17, 15) is 4.79 Å². The van der Waals surface area contributed by atoms with Gasteiger partial charge in [0.2, 0.25) is 0 Å². The minimum Gasteiger partial charge on any atom is -0.378 e. The summed E-state index contributed by atoms with van der Waals surface area (Å²) < 4.78 is 0. The van der Waals surface area contributed by atoms with Gasteiger partial charge in [0.15, 0.2) is 0 Å². The minimum absolute atomic E-state index is 0.244. The van der Waals surface area contributed by atoms with Gasteiger partial charge in [-0.2, -0.15) is 0 Å². The van der Waals surface area contributed by atoms with E-state index in [1.807, 2.05) is 20.2 Å². The lowest BCUT2D eigenvalue weighted by Crippen LogP contribution is -2.27. The number of hydrogen-bond acceptors (Lipinski definition) is 2. The number of hydrogen-bond donors (Lipinski definition) is 0. The zero-order valence-corrected chi connectivity index (χ0v) is 10.3. The van der Waals surface area contributed by atoms with Gasteiger partial charge >= 0.3 is 0 Å². The van der Waals surface area contributed by atoms with Crippen molar-refractivity contribution in [2.24, 2.45) is 0 Å². The molecule has 1 aromatic carbocycles. The summed E-state index contributed by atoms with van der Waals surface area (Å²) >= 11 is 0. The number of carbonyl (C=O) groups excluding carboxylic acids is 1. The van der Waals surface area contributed by atoms with Gasteiger partial charge in [0.25, 0.3) is 0 Å². The monoisotopic (exact) mass is 217 g/mol. The van der Waals surface area contributed by atoms with Crippen molar-refractivity contribution in [2.45, 2.75) is 31.6 Å². The molecule has 0 unspecified atom stereocenters. The van der Waals surface area contributed by atoms with E-state index in [2.05, 4.69) is 30.0 Å². The quantitative estimate of drug-likeness (QED) is 0.759. The Bertz CT molecular complexity index is 411. The number of Topliss-reactive ketones (excluding diaryl/α,β-unsaturated/α-hetero) is 1. The van der Waals surface area contributed by atoms with Crippen molar-refractivity contribution >= 4 is 11.5 Å². The number of rotatable bonds is 2. The summed E-state index contributed by atoms with van der Waals surface area (Å²) in [6.07, 6.45) is 2.76. The van der Waals surface area contributed by atoms with E-state index in [0.29, 0.717) is 5.78 Å². The fourth-order valence-electron chi connectivity index (χ4n) is 2.45. The number of anilines is 1. The van der Waals surface area contributed by atoms with Crippen LogP contribution in [0, 0.1) is 0 Å². The molecule has 1 aliphatic carbocycles. The highest BCUT2D eigenvalue weighted by Crippen LogP contribution is 2.38. The van der Waals surface area contributed by atoms with E-state index in [4.69, 9.17) is 0 Å². The van der Waals surface area contributed by atoms with Crippen LogP contribution in [0.15, 0.2) is 24.3 Å². The van der Waals surface area contributed by atoms with Gasteiger partial charge in [-0.1, -0.05) is 12.1 Å². The smallest absolute Gasteiger partial charge is 0.143 e. The fourth-order valence-corrected chi connectivity index (χ4v) is 2.45. The predicted molar refractivity (Wildman–Crippen MR) is 67.0 cm³/mol. The number of benzene rings is 1. The Kier molecular flexibility index (Phi) is 2.75. The van der Waals surface area contributed by atoms with Crippen LogP contribution in [0.1, 0.15) is 31.7 Å². The second-order valence-corrected chi connectivity index (χ2v) is 5.05. The van der Waals surface area contributed by atoms with Crippen molar-refractivity contribution in [3.8, 4) is 0 Å². The second-order valence-electron chi connectivity index (χ2n) is 5.05. The molecule has 0 spiro atoms. The topological polar surface area (TPSA) is 20.3 Å². The third-order valence-electron chi connectivity index (χ3n) is 3.70. The van der Waals surface area contributed by atoms with Crippen LogP contribution >= 0.6 is 0 Å². The van der Waals surface area contributed by atoms with Crippen LogP contribution in [-0.2, 0) is 10.2 Å². The van der Waals surface area contributed by atoms with E-state index in [1.165, 1.54) is 11.3 Å². The standard InChI is InChI=1S/C14H19NO/c1-14(9-5-8-13(14)16)11-6-4-7-12(10-11)15(2)3/h4,6-7,10H,5,8-9H2,1-3H3/t14-/m1/s1. The van der Waals surface area contributed by atoms with Gasteiger partial charge in [0, 0.05) is 26.2 Å². The largest absolute Gasteiger partial charge is 0.378 e. The Hall–Kier alpha value is -1.31. The zero-order valence-electron chi connectivity index (χ0n) is 10.3. The summed E-state index contributed by atoms with van der Waals surface area (Å²) in [5, 5.41) is 0. The number of carbonyl (C=O) groups is 1. The zero-order chi connectivity index (χ0) is 11.8. The average molecular weight is 217 g/mol. The second kappa shape index (κ2) is 3.93. The summed E-state index contributed by atoms with van der Waals surface area (Å²) in [6.45, 7) is 2.08. The van der Waals surface area contributed by atoms with Crippen LogP contribution in [-0.4, -0.2) is 19.9 Å². The van der Waals surface area contributed by atoms with Crippen molar-refractivity contribution in [3.05, 3.63) is 29.8 Å². The maximum Gasteiger partial charge on any atom is 0.143 e. The SMILES string of the molecule is CN(C)c1cccc([C@@]2(C)CCCC2=O)c1. The van der Waals surface area contributed by atoms with Crippen molar-refractivity contribution in [1.82, 2.24) is 0 Å². The maximum absolute atomic E-state index is 12.0. The van der Waals surface area contributed by atoms with Crippen molar-refractivity contribution in [3.63, 3.8) is 0 Å². The van der Waals surface area contributed by atoms with Gasteiger partial charge in [-0.3, -0.25) is 4.79 Å². The van der Waals surface area contributed by atoms with Crippen molar-refractivity contribution in [2.75, 3.05) is 19.0 Å². The molecule has 16 heavy (non-hydrogen) atoms. The molecule has 0 bridgehead atoms. The molecule has 1 aromatic rings. The molecular formula is C14H19NO. The lowest BCUT2D eigenvalue weighted by molar-refractivity contribution is -0.121. The van der Waals surface area contributed by atoms with E-state index in [0.717, 1.165) is 19.3 Å². The normalized spacial score (nSPS) is 24.8. The molecular weight excluding hydrogens is 198 g/mol. The molecule has 86 valence electrons. The molecule has 0 aromatic heterocycles. The van der Waals surface area contributed by atoms with Crippen molar-refractivity contribution in [1.29, 1.82) is 0 Å². The fraction of sp³-hybridized carbons (Fsp3) is 0.500. The Morgan fingerprint density at radius 2 is 2.06 bits per heavy atom. The first-order chi connectivity index (χ1) is 7.54. The Balaban J connectivity index is 2.40. The molecule has 1 aliphatic rings. The van der Waals surface area contributed by atoms with E-state index < -0.39 is 0 Å². The van der Waals surface area contributed by atoms with Crippen LogP contribution < -0.4 is 4.90 Å². The van der Waals surface area contributed by atoms with Gasteiger partial charge < -0.3 is 4.90 Å². The first-order valence-corrected chi connectivity index (χ1v) is 5.85. The van der Waals surface area contributed by atoms with E-state index in [-0.39, 0.29) is 5.41 Å². The lowest BCUT2D eigenvalue weighted by Gasteiger charge is -2.24. The maximum atomic E-state index is 12.0. The highest BCUT2D eigenvalue weighted by atomic mass is 16.1. The van der Waals surface area contributed by atoms with Crippen LogP contribution in [0.5, 0.6) is 0 Å². The van der Waals surface area contributed by atoms with Gasteiger partial charge in [-0.25, -0.2) is 0 Å². The van der Waals surface area contributed by atoms with Gasteiger partial charge in [-0.05, 0) is 37.5 Å². The number of ketones is 1. The summed E-state index contributed by atoms with van der Waals surface area (Å²) in [5.41, 5.74) is 2.09. The number of nitrogens with zero attached hydrogens (tertiary/aromatic N) is 1. The van der Waals surface area contributed by atoms with Crippen LogP contribution in [0.2, 0.25) is 0 Å². The highest BCUT2D eigenvalue weighted by Gasteiger charge is 2.38. The van der Waals surface area contributed by atoms with Crippen LogP contribution in [0.4, 0.5) is 5.69 Å². The third-order valence-corrected chi connectivity index (χ3v) is 3.70. The summed E-state index contributed by atoms with van der Waals surface area (Å²) in [5.74, 6) is 0.392. The first kappa shape index (κ1) is 11.2. The van der Waals surface area contributed by atoms with Crippen LogP contribution in [0.3, 0.4) is 0 Å².